The summed E-state index contributed by atoms with van der Waals surface area (Å²) in [6, 6.07) is 10.1. The van der Waals surface area contributed by atoms with Crippen molar-refractivity contribution in [3.05, 3.63) is 30.3 Å². The number of carbonyl (C=O) groups excluding carboxylic acids is 1. The fraction of sp³-hybridized carbons (Fsp3) is 0.611. The lowest BCUT2D eigenvalue weighted by atomic mass is 9.86. The minimum atomic E-state index is -1.27. The maximum Gasteiger partial charge on any atom is 0.314 e. The summed E-state index contributed by atoms with van der Waals surface area (Å²) in [6.07, 6.45) is 4.15. The van der Waals surface area contributed by atoms with Crippen LogP contribution in [0.4, 0.5) is 0 Å². The van der Waals surface area contributed by atoms with Crippen molar-refractivity contribution in [2.45, 2.75) is 58.3 Å². The molecular weight excluding hydrogens is 290 g/mol. The molecule has 0 aliphatic heterocycles. The first-order chi connectivity index (χ1) is 10.4. The van der Waals surface area contributed by atoms with Gasteiger partial charge in [-0.05, 0) is 44.4 Å². The molecule has 1 aliphatic carbocycles. The molecule has 0 atom stereocenters. The molecule has 3 nitrogen and oxygen atoms in total. The highest BCUT2D eigenvalue weighted by Gasteiger charge is 2.34. The van der Waals surface area contributed by atoms with Gasteiger partial charge in [-0.15, -0.1) is 0 Å². The average molecular weight is 320 g/mol. The van der Waals surface area contributed by atoms with Crippen LogP contribution in [0.5, 0.6) is 5.75 Å². The summed E-state index contributed by atoms with van der Waals surface area (Å²) in [7, 11) is -1.27. The van der Waals surface area contributed by atoms with Crippen LogP contribution in [0.1, 0.15) is 32.6 Å². The normalized spacial score (nSPS) is 22.6. The van der Waals surface area contributed by atoms with Gasteiger partial charge >= 0.3 is 5.97 Å². The van der Waals surface area contributed by atoms with E-state index in [-0.39, 0.29) is 11.9 Å². The molecule has 1 saturated carbocycles. The molecule has 122 valence electrons. The zero-order valence-electron chi connectivity index (χ0n) is 14.3. The Kier molecular flexibility index (Phi) is 5.81. The first-order valence-corrected chi connectivity index (χ1v) is 11.9. The summed E-state index contributed by atoms with van der Waals surface area (Å²) in [6.45, 7) is 10.6. The van der Waals surface area contributed by atoms with Crippen molar-refractivity contribution in [3.63, 3.8) is 0 Å². The molecule has 0 bridgehead atoms. The first kappa shape index (κ1) is 17.2. The van der Waals surface area contributed by atoms with Gasteiger partial charge in [-0.2, -0.15) is 0 Å². The zero-order chi connectivity index (χ0) is 16.2. The van der Waals surface area contributed by atoms with E-state index >= 15 is 0 Å². The molecule has 0 spiro atoms. The molecule has 0 amide bonds. The van der Waals surface area contributed by atoms with Crippen LogP contribution in [-0.2, 0) is 4.79 Å². The van der Waals surface area contributed by atoms with E-state index in [1.165, 1.54) is 0 Å². The number of nitrogens with zero attached hydrogens (tertiary/aromatic N) is 1. The van der Waals surface area contributed by atoms with Crippen molar-refractivity contribution >= 4 is 14.2 Å². The second-order valence-electron chi connectivity index (χ2n) is 7.20. The molecule has 0 heterocycles. The highest BCUT2D eigenvalue weighted by atomic mass is 28.3. The van der Waals surface area contributed by atoms with Gasteiger partial charge in [0, 0.05) is 6.04 Å². The van der Waals surface area contributed by atoms with Crippen LogP contribution in [0.2, 0.25) is 19.6 Å². The maximum absolute atomic E-state index is 12.3. The van der Waals surface area contributed by atoms with E-state index in [1.807, 2.05) is 30.3 Å². The monoisotopic (exact) mass is 319 g/mol. The van der Waals surface area contributed by atoms with Crippen LogP contribution >= 0.6 is 0 Å². The van der Waals surface area contributed by atoms with Crippen molar-refractivity contribution in [3.8, 4) is 5.75 Å². The molecule has 0 unspecified atom stereocenters. The minimum absolute atomic E-state index is 0.0549. The van der Waals surface area contributed by atoms with E-state index in [4.69, 9.17) is 4.74 Å². The Morgan fingerprint density at radius 2 is 1.73 bits per heavy atom. The number of para-hydroxylation sites is 1. The Bertz CT molecular complexity index is 476. The SMILES string of the molecule is CCN(C1CCC(C(=O)Oc2ccccc2)CC1)[Si](C)(C)C. The molecule has 0 aromatic heterocycles. The summed E-state index contributed by atoms with van der Waals surface area (Å²) in [5, 5.41) is 0. The predicted octanol–water partition coefficient (Wildman–Crippen LogP) is 4.31. The van der Waals surface area contributed by atoms with Crippen LogP contribution in [0.15, 0.2) is 30.3 Å². The lowest BCUT2D eigenvalue weighted by Crippen LogP contribution is -2.53. The Labute approximate surface area is 135 Å². The minimum Gasteiger partial charge on any atom is -0.426 e. The lowest BCUT2D eigenvalue weighted by Gasteiger charge is -2.42. The van der Waals surface area contributed by atoms with E-state index in [0.717, 1.165) is 32.2 Å². The largest absolute Gasteiger partial charge is 0.426 e. The third-order valence-electron chi connectivity index (χ3n) is 4.63. The molecule has 1 aromatic rings. The number of hydrogen-bond donors (Lipinski definition) is 0. The number of benzene rings is 1. The Morgan fingerprint density at radius 3 is 2.23 bits per heavy atom. The van der Waals surface area contributed by atoms with Crippen LogP contribution in [-0.4, -0.2) is 31.4 Å². The summed E-state index contributed by atoms with van der Waals surface area (Å²) in [5.41, 5.74) is 0. The lowest BCUT2D eigenvalue weighted by molar-refractivity contribution is -0.140. The van der Waals surface area contributed by atoms with Gasteiger partial charge in [0.05, 0.1) is 5.92 Å². The third kappa shape index (κ3) is 4.43. The van der Waals surface area contributed by atoms with E-state index < -0.39 is 8.24 Å². The quantitative estimate of drug-likeness (QED) is 0.460. The first-order valence-electron chi connectivity index (χ1n) is 8.45. The topological polar surface area (TPSA) is 29.5 Å². The van der Waals surface area contributed by atoms with Crippen molar-refractivity contribution in [1.29, 1.82) is 0 Å². The standard InChI is InChI=1S/C18H29NO2Si/c1-5-19(22(2,3)4)16-13-11-15(12-14-16)18(20)21-17-9-7-6-8-10-17/h6-10,15-16H,5,11-14H2,1-4H3. The molecule has 0 N–H and O–H groups in total. The molecule has 0 saturated heterocycles. The number of ether oxygens (including phenoxy) is 1. The Balaban J connectivity index is 1.88. The van der Waals surface area contributed by atoms with Gasteiger partial charge in [-0.25, -0.2) is 0 Å². The van der Waals surface area contributed by atoms with Crippen molar-refractivity contribution in [1.82, 2.24) is 4.57 Å². The van der Waals surface area contributed by atoms with Crippen molar-refractivity contribution in [2.75, 3.05) is 6.54 Å². The van der Waals surface area contributed by atoms with E-state index in [2.05, 4.69) is 31.1 Å². The van der Waals surface area contributed by atoms with Crippen LogP contribution < -0.4 is 4.74 Å². The molecule has 4 heteroatoms. The van der Waals surface area contributed by atoms with Crippen LogP contribution in [0, 0.1) is 5.92 Å². The molecule has 0 radical (unpaired) electrons. The smallest absolute Gasteiger partial charge is 0.314 e. The molecule has 22 heavy (non-hydrogen) atoms. The van der Waals surface area contributed by atoms with Gasteiger partial charge in [-0.1, -0.05) is 44.8 Å². The van der Waals surface area contributed by atoms with Crippen molar-refractivity contribution in [2.24, 2.45) is 5.92 Å². The highest BCUT2D eigenvalue weighted by molar-refractivity contribution is 6.73. The average Bonchev–Trinajstić information content (AvgIpc) is 2.48. The van der Waals surface area contributed by atoms with E-state index in [1.54, 1.807) is 0 Å². The molecule has 1 aromatic carbocycles. The van der Waals surface area contributed by atoms with Gasteiger partial charge in [0.2, 0.25) is 0 Å². The van der Waals surface area contributed by atoms with Gasteiger partial charge in [-0.3, -0.25) is 4.79 Å². The third-order valence-corrected chi connectivity index (χ3v) is 7.04. The van der Waals surface area contributed by atoms with Gasteiger partial charge in [0.1, 0.15) is 14.0 Å². The van der Waals surface area contributed by atoms with Crippen LogP contribution in [0.25, 0.3) is 0 Å². The zero-order valence-corrected chi connectivity index (χ0v) is 15.3. The Hall–Kier alpha value is -1.13. The fourth-order valence-electron chi connectivity index (χ4n) is 3.59. The molecule has 2 rings (SSSR count). The highest BCUT2D eigenvalue weighted by Crippen LogP contribution is 2.31. The second kappa shape index (κ2) is 7.42. The number of hydrogen-bond acceptors (Lipinski definition) is 3. The fourth-order valence-corrected chi connectivity index (χ4v) is 5.89. The predicted molar refractivity (Wildman–Crippen MR) is 93.5 cm³/mol. The molecular formula is C18H29NO2Si. The maximum atomic E-state index is 12.3. The van der Waals surface area contributed by atoms with Crippen LogP contribution in [0.3, 0.4) is 0 Å². The van der Waals surface area contributed by atoms with Gasteiger partial charge in [0.25, 0.3) is 0 Å². The van der Waals surface area contributed by atoms with Gasteiger partial charge < -0.3 is 9.30 Å². The van der Waals surface area contributed by atoms with E-state index in [9.17, 15) is 4.79 Å². The summed E-state index contributed by atoms with van der Waals surface area (Å²) >= 11 is 0. The number of esters is 1. The summed E-state index contributed by atoms with van der Waals surface area (Å²) < 4.78 is 8.20. The van der Waals surface area contributed by atoms with E-state index in [0.29, 0.717) is 11.8 Å². The second-order valence-corrected chi connectivity index (χ2v) is 12.1. The van der Waals surface area contributed by atoms with Gasteiger partial charge in [0.15, 0.2) is 0 Å². The Morgan fingerprint density at radius 1 is 1.14 bits per heavy atom. The molecule has 1 aliphatic rings. The number of carbonyl (C=O) groups is 1. The number of rotatable bonds is 5. The molecule has 1 fully saturated rings. The summed E-state index contributed by atoms with van der Waals surface area (Å²) in [5.74, 6) is 0.671. The summed E-state index contributed by atoms with van der Waals surface area (Å²) in [4.78, 5) is 12.3. The van der Waals surface area contributed by atoms with Crippen molar-refractivity contribution < 1.29 is 9.53 Å².